The van der Waals surface area contributed by atoms with Crippen LogP contribution in [0.5, 0.6) is 0 Å². The molecule has 2 heterocycles. The highest BCUT2D eigenvalue weighted by molar-refractivity contribution is 6.34. The van der Waals surface area contributed by atoms with Crippen molar-refractivity contribution >= 4 is 34.8 Å². The van der Waals surface area contributed by atoms with E-state index in [1.54, 1.807) is 0 Å². The third kappa shape index (κ3) is 6.10. The van der Waals surface area contributed by atoms with Gasteiger partial charge in [-0.05, 0) is 30.3 Å². The zero-order valence-corrected chi connectivity index (χ0v) is 18.5. The number of rotatable bonds is 7. The standard InChI is InChI=1S/C20H16Cl2F6N4O2/c21-13-5-12(6-14(22)7-13)18(20(26,27)28)8-16(32-34-18)11-1-2-15(31-9-11)17(33)30-4-3-29-10-19(23,24)25/h1-2,5-7,9,29H,3-4,8,10H2,(H,30,33). The smallest absolute Gasteiger partial charge is 0.374 e. The van der Waals surface area contributed by atoms with Crippen LogP contribution in [0.1, 0.15) is 28.0 Å². The number of halogens is 8. The molecule has 0 saturated carbocycles. The van der Waals surface area contributed by atoms with E-state index in [0.717, 1.165) is 18.3 Å². The van der Waals surface area contributed by atoms with Gasteiger partial charge in [-0.3, -0.25) is 9.78 Å². The first kappa shape index (κ1) is 26.0. The van der Waals surface area contributed by atoms with Crippen molar-refractivity contribution in [2.24, 2.45) is 5.16 Å². The Morgan fingerprint density at radius 1 is 1.06 bits per heavy atom. The second-order valence-corrected chi connectivity index (χ2v) is 8.14. The molecule has 0 radical (unpaired) electrons. The van der Waals surface area contributed by atoms with Crippen molar-refractivity contribution in [3.05, 3.63) is 63.4 Å². The molecule has 1 amide bonds. The Balaban J connectivity index is 1.67. The van der Waals surface area contributed by atoms with Crippen molar-refractivity contribution in [2.75, 3.05) is 19.6 Å². The molecule has 0 saturated heterocycles. The average Bonchev–Trinajstić information content (AvgIpc) is 3.19. The second kappa shape index (κ2) is 9.96. The Hall–Kier alpha value is -2.57. The molecule has 3 rings (SSSR count). The number of carbonyl (C=O) groups is 1. The first-order valence-corrected chi connectivity index (χ1v) is 10.4. The summed E-state index contributed by atoms with van der Waals surface area (Å²) in [5, 5.41) is 8.08. The molecule has 1 aromatic heterocycles. The van der Waals surface area contributed by atoms with Crippen LogP contribution >= 0.6 is 23.2 Å². The fourth-order valence-corrected chi connectivity index (χ4v) is 3.66. The first-order chi connectivity index (χ1) is 15.8. The molecule has 1 aromatic carbocycles. The van der Waals surface area contributed by atoms with Crippen molar-refractivity contribution in [3.63, 3.8) is 0 Å². The monoisotopic (exact) mass is 528 g/mol. The summed E-state index contributed by atoms with van der Waals surface area (Å²) in [7, 11) is 0. The number of oxime groups is 1. The summed E-state index contributed by atoms with van der Waals surface area (Å²) < 4.78 is 78.3. The third-order valence-electron chi connectivity index (χ3n) is 4.76. The van der Waals surface area contributed by atoms with Gasteiger partial charge in [0.15, 0.2) is 0 Å². The predicted molar refractivity (Wildman–Crippen MR) is 112 cm³/mol. The normalized spacial score (nSPS) is 18.4. The van der Waals surface area contributed by atoms with Gasteiger partial charge >= 0.3 is 12.4 Å². The second-order valence-electron chi connectivity index (χ2n) is 7.27. The van der Waals surface area contributed by atoms with Gasteiger partial charge in [-0.15, -0.1) is 0 Å². The summed E-state index contributed by atoms with van der Waals surface area (Å²) in [6.45, 7) is -1.40. The molecule has 1 unspecified atom stereocenters. The number of nitrogens with zero attached hydrogens (tertiary/aromatic N) is 2. The Morgan fingerprint density at radius 3 is 2.29 bits per heavy atom. The Labute approximate surface area is 199 Å². The van der Waals surface area contributed by atoms with Crippen LogP contribution in [0.2, 0.25) is 10.0 Å². The zero-order chi connectivity index (χ0) is 25.1. The van der Waals surface area contributed by atoms with Crippen molar-refractivity contribution in [1.29, 1.82) is 0 Å². The van der Waals surface area contributed by atoms with Crippen LogP contribution < -0.4 is 10.6 Å². The largest absolute Gasteiger partial charge is 0.435 e. The van der Waals surface area contributed by atoms with Crippen molar-refractivity contribution in [3.8, 4) is 0 Å². The molecule has 184 valence electrons. The maximum Gasteiger partial charge on any atom is 0.435 e. The summed E-state index contributed by atoms with van der Waals surface area (Å²) >= 11 is 11.7. The molecule has 0 spiro atoms. The highest BCUT2D eigenvalue weighted by Gasteiger charge is 2.62. The molecular formula is C20H16Cl2F6N4O2. The minimum Gasteiger partial charge on any atom is -0.374 e. The van der Waals surface area contributed by atoms with E-state index in [1.807, 2.05) is 0 Å². The molecule has 2 N–H and O–H groups in total. The number of pyridine rings is 1. The van der Waals surface area contributed by atoms with E-state index in [4.69, 9.17) is 28.0 Å². The number of hydrogen-bond donors (Lipinski definition) is 2. The van der Waals surface area contributed by atoms with E-state index in [9.17, 15) is 31.1 Å². The van der Waals surface area contributed by atoms with E-state index < -0.39 is 36.8 Å². The molecule has 2 aromatic rings. The highest BCUT2D eigenvalue weighted by atomic mass is 35.5. The molecule has 14 heteroatoms. The lowest BCUT2D eigenvalue weighted by molar-refractivity contribution is -0.275. The highest BCUT2D eigenvalue weighted by Crippen LogP contribution is 2.49. The van der Waals surface area contributed by atoms with Gasteiger partial charge in [-0.2, -0.15) is 26.3 Å². The van der Waals surface area contributed by atoms with Crippen molar-refractivity contribution < 1.29 is 36.0 Å². The average molecular weight is 529 g/mol. The van der Waals surface area contributed by atoms with Gasteiger partial charge < -0.3 is 15.5 Å². The fraction of sp³-hybridized carbons (Fsp3) is 0.350. The quantitative estimate of drug-likeness (QED) is 0.398. The van der Waals surface area contributed by atoms with E-state index in [0.29, 0.717) is 0 Å². The number of alkyl halides is 6. The molecule has 0 bridgehead atoms. The molecule has 0 fully saturated rings. The Morgan fingerprint density at radius 2 is 1.74 bits per heavy atom. The summed E-state index contributed by atoms with van der Waals surface area (Å²) in [5.41, 5.74) is -3.09. The van der Waals surface area contributed by atoms with Crippen molar-refractivity contribution in [2.45, 2.75) is 24.4 Å². The lowest BCUT2D eigenvalue weighted by Gasteiger charge is -2.29. The van der Waals surface area contributed by atoms with Crippen LogP contribution in [0.15, 0.2) is 41.7 Å². The van der Waals surface area contributed by atoms with Gasteiger partial charge in [-0.1, -0.05) is 28.4 Å². The topological polar surface area (TPSA) is 75.6 Å². The van der Waals surface area contributed by atoms with Gasteiger partial charge in [0.25, 0.3) is 11.5 Å². The Kier molecular flexibility index (Phi) is 7.63. The van der Waals surface area contributed by atoms with Crippen LogP contribution in [0, 0.1) is 0 Å². The SMILES string of the molecule is O=C(NCCNCC(F)(F)F)c1ccc(C2=NOC(c3cc(Cl)cc(Cl)c3)(C(F)(F)F)C2)cn1. The number of carbonyl (C=O) groups excluding carboxylic acids is 1. The molecule has 0 aliphatic carbocycles. The van der Waals surface area contributed by atoms with E-state index in [1.165, 1.54) is 18.2 Å². The summed E-state index contributed by atoms with van der Waals surface area (Å²) in [5.74, 6) is -0.664. The fourth-order valence-electron chi connectivity index (χ4n) is 3.13. The van der Waals surface area contributed by atoms with Gasteiger partial charge in [0.1, 0.15) is 5.69 Å². The zero-order valence-electron chi connectivity index (χ0n) is 17.0. The molecular weight excluding hydrogens is 513 g/mol. The first-order valence-electron chi connectivity index (χ1n) is 9.61. The van der Waals surface area contributed by atoms with Crippen LogP contribution in [-0.2, 0) is 10.4 Å². The van der Waals surface area contributed by atoms with Crippen LogP contribution in [0.3, 0.4) is 0 Å². The lowest BCUT2D eigenvalue weighted by atomic mass is 9.87. The van der Waals surface area contributed by atoms with Gasteiger partial charge in [0.05, 0.1) is 18.7 Å². The van der Waals surface area contributed by atoms with E-state index in [2.05, 4.69) is 20.8 Å². The third-order valence-corrected chi connectivity index (χ3v) is 5.19. The number of hydrogen-bond acceptors (Lipinski definition) is 5. The Bertz CT molecular complexity index is 1060. The number of benzene rings is 1. The van der Waals surface area contributed by atoms with Crippen LogP contribution in [-0.4, -0.2) is 48.6 Å². The predicted octanol–water partition coefficient (Wildman–Crippen LogP) is 4.85. The molecule has 6 nitrogen and oxygen atoms in total. The number of amides is 1. The molecule has 1 aliphatic heterocycles. The van der Waals surface area contributed by atoms with E-state index in [-0.39, 0.29) is 45.7 Å². The lowest BCUT2D eigenvalue weighted by Crippen LogP contribution is -2.42. The van der Waals surface area contributed by atoms with Crippen molar-refractivity contribution in [1.82, 2.24) is 15.6 Å². The van der Waals surface area contributed by atoms with E-state index >= 15 is 0 Å². The van der Waals surface area contributed by atoms with Crippen LogP contribution in [0.25, 0.3) is 0 Å². The molecule has 1 aliphatic rings. The van der Waals surface area contributed by atoms with Gasteiger partial charge in [0, 0.05) is 40.5 Å². The summed E-state index contributed by atoms with van der Waals surface area (Å²) in [6, 6.07) is 6.06. The molecule has 34 heavy (non-hydrogen) atoms. The minimum atomic E-state index is -4.86. The number of nitrogens with one attached hydrogen (secondary N) is 2. The summed E-state index contributed by atoms with van der Waals surface area (Å²) in [6.07, 6.45) is -8.77. The number of aromatic nitrogens is 1. The van der Waals surface area contributed by atoms with Crippen LogP contribution in [0.4, 0.5) is 26.3 Å². The summed E-state index contributed by atoms with van der Waals surface area (Å²) in [4.78, 5) is 20.9. The maximum absolute atomic E-state index is 14.0. The van der Waals surface area contributed by atoms with Gasteiger partial charge in [0.2, 0.25) is 0 Å². The maximum atomic E-state index is 14.0. The minimum absolute atomic E-state index is 0.00573. The van der Waals surface area contributed by atoms with Gasteiger partial charge in [-0.25, -0.2) is 0 Å². The molecule has 1 atom stereocenters.